The number of benzene rings is 2. The van der Waals surface area contributed by atoms with Crippen molar-refractivity contribution in [2.24, 2.45) is 0 Å². The Morgan fingerprint density at radius 3 is 2.82 bits per heavy atom. The summed E-state index contributed by atoms with van der Waals surface area (Å²) >= 11 is 6.19. The van der Waals surface area contributed by atoms with Crippen LogP contribution < -0.4 is 5.32 Å². The number of halogens is 1. The van der Waals surface area contributed by atoms with Gasteiger partial charge in [0, 0.05) is 29.7 Å². The molecular weight excluding hydrogens is 374 g/mol. The van der Waals surface area contributed by atoms with Gasteiger partial charge in [0.2, 0.25) is 11.8 Å². The van der Waals surface area contributed by atoms with Gasteiger partial charge in [-0.2, -0.15) is 0 Å². The molecule has 0 radical (unpaired) electrons. The molecule has 1 aliphatic heterocycles. The topological polar surface area (TPSA) is 62.3 Å². The highest BCUT2D eigenvalue weighted by Gasteiger charge is 2.28. The van der Waals surface area contributed by atoms with Gasteiger partial charge in [-0.15, -0.1) is 0 Å². The standard InChI is InChI=1S/C22H18ClN3O2/c1-14(27)26-10-8-15-5-2-3-7-18(15)20(26)13-21(28)25-19-12-17(23)11-16-6-4-9-24-22(16)19/h2-12,20H,13H2,1H3,(H,25,28)/t20-/m0/s1. The van der Waals surface area contributed by atoms with Crippen LogP contribution >= 0.6 is 11.6 Å². The van der Waals surface area contributed by atoms with Gasteiger partial charge in [0.1, 0.15) is 0 Å². The zero-order valence-electron chi connectivity index (χ0n) is 15.2. The first-order valence-electron chi connectivity index (χ1n) is 8.93. The number of carbonyl (C=O) groups excluding carboxylic acids is 2. The lowest BCUT2D eigenvalue weighted by Crippen LogP contribution is -2.33. The number of hydrogen-bond donors (Lipinski definition) is 1. The first-order valence-corrected chi connectivity index (χ1v) is 9.31. The van der Waals surface area contributed by atoms with Gasteiger partial charge >= 0.3 is 0 Å². The average Bonchev–Trinajstić information content (AvgIpc) is 2.67. The van der Waals surface area contributed by atoms with Crippen molar-refractivity contribution in [1.29, 1.82) is 0 Å². The summed E-state index contributed by atoms with van der Waals surface area (Å²) in [7, 11) is 0. The Bertz CT molecular complexity index is 1110. The lowest BCUT2D eigenvalue weighted by Gasteiger charge is -2.32. The summed E-state index contributed by atoms with van der Waals surface area (Å²) in [5.41, 5.74) is 3.19. The maximum absolute atomic E-state index is 12.9. The number of carbonyl (C=O) groups is 2. The van der Waals surface area contributed by atoms with Gasteiger partial charge in [-0.25, -0.2) is 0 Å². The number of nitrogens with zero attached hydrogens (tertiary/aromatic N) is 2. The Morgan fingerprint density at radius 2 is 2.00 bits per heavy atom. The van der Waals surface area contributed by atoms with Gasteiger partial charge in [-0.1, -0.05) is 41.9 Å². The third kappa shape index (κ3) is 3.49. The van der Waals surface area contributed by atoms with E-state index in [1.807, 2.05) is 42.5 Å². The molecule has 0 aliphatic carbocycles. The van der Waals surface area contributed by atoms with Gasteiger partial charge in [0.05, 0.1) is 23.7 Å². The van der Waals surface area contributed by atoms with Crippen LogP contribution in [-0.4, -0.2) is 21.7 Å². The summed E-state index contributed by atoms with van der Waals surface area (Å²) in [5, 5.41) is 4.28. The van der Waals surface area contributed by atoms with Crippen LogP contribution in [0.4, 0.5) is 5.69 Å². The minimum absolute atomic E-state index is 0.113. The monoisotopic (exact) mass is 391 g/mol. The number of fused-ring (bicyclic) bond motifs is 2. The molecule has 0 bridgehead atoms. The van der Waals surface area contributed by atoms with Gasteiger partial charge in [0.25, 0.3) is 0 Å². The maximum atomic E-state index is 12.9. The molecule has 0 unspecified atom stereocenters. The molecule has 2 aromatic carbocycles. The summed E-state index contributed by atoms with van der Waals surface area (Å²) in [5.74, 6) is -0.325. The minimum Gasteiger partial charge on any atom is -0.324 e. The van der Waals surface area contributed by atoms with Crippen molar-refractivity contribution in [2.75, 3.05) is 5.32 Å². The number of rotatable bonds is 3. The highest BCUT2D eigenvalue weighted by atomic mass is 35.5. The molecule has 2 amide bonds. The first kappa shape index (κ1) is 18.2. The third-order valence-electron chi connectivity index (χ3n) is 4.79. The van der Waals surface area contributed by atoms with E-state index < -0.39 is 0 Å². The van der Waals surface area contributed by atoms with E-state index in [1.54, 1.807) is 29.4 Å². The highest BCUT2D eigenvalue weighted by molar-refractivity contribution is 6.32. The smallest absolute Gasteiger partial charge is 0.226 e. The van der Waals surface area contributed by atoms with Crippen LogP contribution in [0.1, 0.15) is 30.5 Å². The zero-order chi connectivity index (χ0) is 19.7. The number of nitrogens with one attached hydrogen (secondary N) is 1. The Kier molecular flexibility index (Phi) is 4.84. The van der Waals surface area contributed by atoms with Gasteiger partial charge in [-0.05, 0) is 35.4 Å². The number of amides is 2. The van der Waals surface area contributed by atoms with E-state index in [-0.39, 0.29) is 24.3 Å². The molecule has 0 spiro atoms. The summed E-state index contributed by atoms with van der Waals surface area (Å²) in [6.07, 6.45) is 5.42. The van der Waals surface area contributed by atoms with Crippen LogP contribution in [0.3, 0.4) is 0 Å². The number of pyridine rings is 1. The van der Waals surface area contributed by atoms with E-state index in [2.05, 4.69) is 10.3 Å². The van der Waals surface area contributed by atoms with Gasteiger partial charge in [-0.3, -0.25) is 14.6 Å². The molecule has 4 rings (SSSR count). The van der Waals surface area contributed by atoms with Crippen molar-refractivity contribution < 1.29 is 9.59 Å². The van der Waals surface area contributed by atoms with E-state index in [0.717, 1.165) is 16.5 Å². The largest absolute Gasteiger partial charge is 0.324 e. The molecule has 0 saturated heterocycles. The Balaban J connectivity index is 1.63. The molecule has 6 heteroatoms. The molecule has 3 aromatic rings. The fourth-order valence-corrected chi connectivity index (χ4v) is 3.77. The SMILES string of the molecule is CC(=O)N1C=Cc2ccccc2[C@@H]1CC(=O)Nc1cc(Cl)cc2cccnc12. The lowest BCUT2D eigenvalue weighted by molar-refractivity contribution is -0.129. The van der Waals surface area contributed by atoms with Crippen LogP contribution in [0, 0.1) is 0 Å². The van der Waals surface area contributed by atoms with Crippen LogP contribution in [-0.2, 0) is 9.59 Å². The molecule has 1 aliphatic rings. The van der Waals surface area contributed by atoms with E-state index >= 15 is 0 Å². The molecule has 1 aromatic heterocycles. The molecule has 140 valence electrons. The Morgan fingerprint density at radius 1 is 1.18 bits per heavy atom. The van der Waals surface area contributed by atoms with E-state index in [1.165, 1.54) is 6.92 Å². The Labute approximate surface area is 167 Å². The van der Waals surface area contributed by atoms with Crippen molar-refractivity contribution in [3.05, 3.63) is 77.1 Å². The summed E-state index contributed by atoms with van der Waals surface area (Å²) in [6, 6.07) is 14.6. The highest BCUT2D eigenvalue weighted by Crippen LogP contribution is 2.33. The predicted molar refractivity (Wildman–Crippen MR) is 111 cm³/mol. The van der Waals surface area contributed by atoms with E-state index in [4.69, 9.17) is 11.6 Å². The van der Waals surface area contributed by atoms with Crippen LogP contribution in [0.15, 0.2) is 60.9 Å². The first-order chi connectivity index (χ1) is 13.5. The van der Waals surface area contributed by atoms with Crippen molar-refractivity contribution in [2.45, 2.75) is 19.4 Å². The van der Waals surface area contributed by atoms with Gasteiger partial charge < -0.3 is 10.2 Å². The predicted octanol–water partition coefficient (Wildman–Crippen LogP) is 4.79. The fraction of sp³-hybridized carbons (Fsp3) is 0.136. The van der Waals surface area contributed by atoms with Crippen LogP contribution in [0.5, 0.6) is 0 Å². The van der Waals surface area contributed by atoms with Crippen molar-refractivity contribution in [3.63, 3.8) is 0 Å². The van der Waals surface area contributed by atoms with Crippen LogP contribution in [0.25, 0.3) is 17.0 Å². The van der Waals surface area contributed by atoms with E-state index in [0.29, 0.717) is 16.2 Å². The van der Waals surface area contributed by atoms with Crippen LogP contribution in [0.2, 0.25) is 5.02 Å². The molecule has 1 atom stereocenters. The van der Waals surface area contributed by atoms with Crippen molar-refractivity contribution in [1.82, 2.24) is 9.88 Å². The Hall–Kier alpha value is -3.18. The zero-order valence-corrected chi connectivity index (χ0v) is 16.0. The second kappa shape index (κ2) is 7.44. The summed E-state index contributed by atoms with van der Waals surface area (Å²) in [6.45, 7) is 1.50. The molecular formula is C22H18ClN3O2. The maximum Gasteiger partial charge on any atom is 0.226 e. The van der Waals surface area contributed by atoms with Gasteiger partial charge in [0.15, 0.2) is 0 Å². The second-order valence-corrected chi connectivity index (χ2v) is 7.10. The quantitative estimate of drug-likeness (QED) is 0.698. The number of hydrogen-bond acceptors (Lipinski definition) is 3. The molecule has 28 heavy (non-hydrogen) atoms. The number of aromatic nitrogens is 1. The molecule has 1 N–H and O–H groups in total. The normalized spacial score (nSPS) is 15.4. The third-order valence-corrected chi connectivity index (χ3v) is 5.01. The molecule has 2 heterocycles. The van der Waals surface area contributed by atoms with Crippen molar-refractivity contribution in [3.8, 4) is 0 Å². The fourth-order valence-electron chi connectivity index (χ4n) is 3.54. The summed E-state index contributed by atoms with van der Waals surface area (Å²) in [4.78, 5) is 30.9. The average molecular weight is 392 g/mol. The molecule has 0 saturated carbocycles. The molecule has 0 fully saturated rings. The van der Waals surface area contributed by atoms with E-state index in [9.17, 15) is 9.59 Å². The summed E-state index contributed by atoms with van der Waals surface area (Å²) < 4.78 is 0. The lowest BCUT2D eigenvalue weighted by atomic mass is 9.93. The minimum atomic E-state index is -0.364. The molecule has 5 nitrogen and oxygen atoms in total. The number of anilines is 1. The van der Waals surface area contributed by atoms with Crippen molar-refractivity contribution >= 4 is 46.1 Å². The second-order valence-electron chi connectivity index (χ2n) is 6.67.